The number of carboxylic acid groups (broad SMARTS) is 1. The number of ether oxygens (including phenoxy) is 1. The normalized spacial score (nSPS) is 18.7. The van der Waals surface area contributed by atoms with E-state index in [9.17, 15) is 19.5 Å². The number of rotatable bonds is 6. The summed E-state index contributed by atoms with van der Waals surface area (Å²) >= 11 is 0. The summed E-state index contributed by atoms with van der Waals surface area (Å²) in [6.07, 6.45) is 0.472. The van der Waals surface area contributed by atoms with Gasteiger partial charge in [0.2, 0.25) is 5.91 Å². The summed E-state index contributed by atoms with van der Waals surface area (Å²) in [4.78, 5) is 34.9. The van der Waals surface area contributed by atoms with Gasteiger partial charge in [0.05, 0.1) is 12.0 Å². The quantitative estimate of drug-likeness (QED) is 0.757. The topological polar surface area (TPSA) is 116 Å². The molecule has 2 N–H and O–H groups in total. The van der Waals surface area contributed by atoms with E-state index >= 15 is 0 Å². The smallest absolute Gasteiger partial charge is 0.335 e. The van der Waals surface area contributed by atoms with Crippen molar-refractivity contribution < 1.29 is 29.3 Å². The molecule has 7 heteroatoms. The number of carboxylic acids is 1. The molecule has 0 saturated carbocycles. The van der Waals surface area contributed by atoms with Crippen LogP contribution in [0.3, 0.4) is 0 Å². The SMILES string of the molecule is O=C(CC[C@@H]1CC(=O)O[C@H]1c1ccccc1)Nc1ccc([O-])c(C(=O)O)c1. The van der Waals surface area contributed by atoms with Crippen LogP contribution in [-0.2, 0) is 14.3 Å². The molecule has 0 radical (unpaired) electrons. The Morgan fingerprint density at radius 2 is 1.93 bits per heavy atom. The van der Waals surface area contributed by atoms with Crippen LogP contribution in [0.2, 0.25) is 0 Å². The number of esters is 1. The Morgan fingerprint density at radius 1 is 1.19 bits per heavy atom. The van der Waals surface area contributed by atoms with E-state index in [-0.39, 0.29) is 42.4 Å². The number of carbonyl (C=O) groups is 3. The van der Waals surface area contributed by atoms with Crippen LogP contribution in [0.15, 0.2) is 48.5 Å². The molecule has 140 valence electrons. The minimum absolute atomic E-state index is 0.107. The molecule has 0 aliphatic carbocycles. The molecule has 0 aromatic heterocycles. The van der Waals surface area contributed by atoms with Crippen molar-refractivity contribution in [3.8, 4) is 5.75 Å². The van der Waals surface area contributed by atoms with Crippen LogP contribution in [0.1, 0.15) is 41.3 Å². The van der Waals surface area contributed by atoms with E-state index < -0.39 is 17.3 Å². The molecule has 1 fully saturated rings. The van der Waals surface area contributed by atoms with E-state index in [4.69, 9.17) is 9.84 Å². The zero-order valence-corrected chi connectivity index (χ0v) is 14.4. The number of anilines is 1. The Morgan fingerprint density at radius 3 is 2.63 bits per heavy atom. The molecule has 2 atom stereocenters. The van der Waals surface area contributed by atoms with Crippen LogP contribution in [-0.4, -0.2) is 23.0 Å². The number of nitrogens with one attached hydrogen (secondary N) is 1. The second kappa shape index (κ2) is 7.90. The van der Waals surface area contributed by atoms with Crippen LogP contribution in [0, 0.1) is 5.92 Å². The average molecular weight is 368 g/mol. The third-order valence-corrected chi connectivity index (χ3v) is 4.48. The van der Waals surface area contributed by atoms with Crippen molar-refractivity contribution in [1.82, 2.24) is 0 Å². The van der Waals surface area contributed by atoms with Crippen molar-refractivity contribution >= 4 is 23.5 Å². The van der Waals surface area contributed by atoms with Crippen LogP contribution >= 0.6 is 0 Å². The largest absolute Gasteiger partial charge is 0.872 e. The van der Waals surface area contributed by atoms with Gasteiger partial charge in [-0.2, -0.15) is 0 Å². The minimum atomic E-state index is -1.34. The van der Waals surface area contributed by atoms with Gasteiger partial charge in [-0.05, 0) is 24.1 Å². The number of amides is 1. The lowest BCUT2D eigenvalue weighted by atomic mass is 9.91. The summed E-state index contributed by atoms with van der Waals surface area (Å²) in [5.41, 5.74) is 0.744. The first kappa shape index (κ1) is 18.4. The van der Waals surface area contributed by atoms with Crippen molar-refractivity contribution in [2.24, 2.45) is 5.92 Å². The van der Waals surface area contributed by atoms with E-state index in [1.54, 1.807) is 0 Å². The standard InChI is InChI=1S/C20H19NO6/c22-16-8-7-14(11-15(16)20(25)26)21-17(23)9-6-13-10-18(24)27-19(13)12-4-2-1-3-5-12/h1-5,7-8,11,13,19,22H,6,9-10H2,(H,21,23)(H,25,26)/p-1/t13-,19+/m1/s1. The molecular weight excluding hydrogens is 350 g/mol. The van der Waals surface area contributed by atoms with Gasteiger partial charge in [0, 0.05) is 18.0 Å². The first-order chi connectivity index (χ1) is 12.9. The molecule has 2 aromatic carbocycles. The fraction of sp³-hybridized carbons (Fsp3) is 0.250. The molecule has 7 nitrogen and oxygen atoms in total. The Hall–Kier alpha value is -3.35. The number of hydrogen-bond donors (Lipinski definition) is 2. The van der Waals surface area contributed by atoms with Gasteiger partial charge in [-0.3, -0.25) is 9.59 Å². The molecule has 27 heavy (non-hydrogen) atoms. The summed E-state index contributed by atoms with van der Waals surface area (Å²) in [6, 6.07) is 13.0. The molecule has 1 amide bonds. The number of aromatic carboxylic acids is 1. The van der Waals surface area contributed by atoms with Gasteiger partial charge in [0.25, 0.3) is 0 Å². The van der Waals surface area contributed by atoms with Gasteiger partial charge in [-0.25, -0.2) is 4.79 Å². The lowest BCUT2D eigenvalue weighted by Gasteiger charge is -2.18. The highest BCUT2D eigenvalue weighted by Crippen LogP contribution is 2.38. The second-order valence-corrected chi connectivity index (χ2v) is 6.39. The summed E-state index contributed by atoms with van der Waals surface area (Å²) in [7, 11) is 0. The monoisotopic (exact) mass is 368 g/mol. The van der Waals surface area contributed by atoms with Gasteiger partial charge in [-0.15, -0.1) is 0 Å². The average Bonchev–Trinajstić information content (AvgIpc) is 3.03. The van der Waals surface area contributed by atoms with Gasteiger partial charge < -0.3 is 20.3 Å². The predicted molar refractivity (Wildman–Crippen MR) is 94.1 cm³/mol. The van der Waals surface area contributed by atoms with Crippen LogP contribution in [0.25, 0.3) is 0 Å². The zero-order valence-electron chi connectivity index (χ0n) is 14.4. The molecule has 1 aliphatic rings. The van der Waals surface area contributed by atoms with Crippen LogP contribution in [0.4, 0.5) is 5.69 Å². The summed E-state index contributed by atoms with van der Waals surface area (Å²) in [5, 5.41) is 23.0. The second-order valence-electron chi connectivity index (χ2n) is 6.39. The molecule has 1 heterocycles. The van der Waals surface area contributed by atoms with E-state index in [1.807, 2.05) is 30.3 Å². The Bertz CT molecular complexity index is 864. The summed E-state index contributed by atoms with van der Waals surface area (Å²) in [6.45, 7) is 0. The van der Waals surface area contributed by atoms with Crippen molar-refractivity contribution in [3.05, 3.63) is 59.7 Å². The number of hydrogen-bond acceptors (Lipinski definition) is 5. The Kier molecular flexibility index (Phi) is 5.40. The minimum Gasteiger partial charge on any atom is -0.872 e. The molecule has 0 spiro atoms. The molecule has 3 rings (SSSR count). The van der Waals surface area contributed by atoms with Crippen molar-refractivity contribution in [1.29, 1.82) is 0 Å². The molecule has 0 unspecified atom stereocenters. The summed E-state index contributed by atoms with van der Waals surface area (Å²) in [5.74, 6) is -2.68. The Balaban J connectivity index is 1.61. The van der Waals surface area contributed by atoms with Crippen LogP contribution in [0.5, 0.6) is 5.75 Å². The maximum atomic E-state index is 12.2. The fourth-order valence-corrected chi connectivity index (χ4v) is 3.16. The van der Waals surface area contributed by atoms with E-state index in [0.717, 1.165) is 17.7 Å². The van der Waals surface area contributed by atoms with E-state index in [2.05, 4.69) is 5.32 Å². The van der Waals surface area contributed by atoms with Gasteiger partial charge in [-0.1, -0.05) is 42.1 Å². The lowest BCUT2D eigenvalue weighted by molar-refractivity contribution is -0.268. The van der Waals surface area contributed by atoms with Gasteiger partial charge in [0.15, 0.2) is 0 Å². The maximum Gasteiger partial charge on any atom is 0.335 e. The summed E-state index contributed by atoms with van der Waals surface area (Å²) < 4.78 is 5.40. The maximum absolute atomic E-state index is 12.2. The molecule has 2 aromatic rings. The van der Waals surface area contributed by atoms with Gasteiger partial charge in [0.1, 0.15) is 6.10 Å². The predicted octanol–water partition coefficient (Wildman–Crippen LogP) is 2.48. The highest BCUT2D eigenvalue weighted by Gasteiger charge is 2.35. The number of carbonyl (C=O) groups excluding carboxylic acids is 2. The third kappa shape index (κ3) is 4.44. The fourth-order valence-electron chi connectivity index (χ4n) is 3.16. The molecule has 1 aliphatic heterocycles. The van der Waals surface area contributed by atoms with E-state index in [0.29, 0.717) is 6.42 Å². The number of benzene rings is 2. The highest BCUT2D eigenvalue weighted by molar-refractivity contribution is 5.95. The lowest BCUT2D eigenvalue weighted by Crippen LogP contribution is -2.16. The highest BCUT2D eigenvalue weighted by atomic mass is 16.5. The zero-order chi connectivity index (χ0) is 19.4. The molecule has 1 saturated heterocycles. The number of cyclic esters (lactones) is 1. The van der Waals surface area contributed by atoms with Crippen molar-refractivity contribution in [2.45, 2.75) is 25.4 Å². The third-order valence-electron chi connectivity index (χ3n) is 4.48. The van der Waals surface area contributed by atoms with E-state index in [1.165, 1.54) is 6.07 Å². The van der Waals surface area contributed by atoms with Crippen LogP contribution < -0.4 is 10.4 Å². The van der Waals surface area contributed by atoms with Gasteiger partial charge >= 0.3 is 11.9 Å². The van der Waals surface area contributed by atoms with Crippen molar-refractivity contribution in [2.75, 3.05) is 5.32 Å². The first-order valence-electron chi connectivity index (χ1n) is 8.52. The first-order valence-corrected chi connectivity index (χ1v) is 8.52. The Labute approximate surface area is 155 Å². The molecular formula is C20H18NO6-. The van der Waals surface area contributed by atoms with Crippen molar-refractivity contribution in [3.63, 3.8) is 0 Å². The molecule has 0 bridgehead atoms.